The number of H-pyrrole nitrogens is 1. The molecule has 0 atom stereocenters. The van der Waals surface area contributed by atoms with Gasteiger partial charge in [0.05, 0.1) is 24.2 Å². The Morgan fingerprint density at radius 1 is 1.00 bits per heavy atom. The SMILES string of the molecule is COc1ccc(N(CCNC(=O)c2[nH]c3ccc(Cl)cc3c2S(=O)(=O)c2cc(C)cc(C)c2)S(=O)(=O)O)cc1. The molecule has 4 rings (SSSR count). The highest BCUT2D eigenvalue weighted by Crippen LogP contribution is 2.34. The summed E-state index contributed by atoms with van der Waals surface area (Å²) in [5.41, 5.74) is 1.77. The molecule has 0 aliphatic heterocycles. The fraction of sp³-hybridized carbons (Fsp3) is 0.192. The zero-order valence-corrected chi connectivity index (χ0v) is 23.6. The summed E-state index contributed by atoms with van der Waals surface area (Å²) in [6.07, 6.45) is 0. The first-order valence-corrected chi connectivity index (χ1v) is 14.9. The van der Waals surface area contributed by atoms with Gasteiger partial charge in [0.1, 0.15) is 16.3 Å². The van der Waals surface area contributed by atoms with Crippen LogP contribution in [0.3, 0.4) is 0 Å². The van der Waals surface area contributed by atoms with Gasteiger partial charge in [-0.1, -0.05) is 17.7 Å². The summed E-state index contributed by atoms with van der Waals surface area (Å²) < 4.78 is 67.2. The first-order chi connectivity index (χ1) is 18.3. The third kappa shape index (κ3) is 6.04. The van der Waals surface area contributed by atoms with E-state index in [0.717, 1.165) is 11.1 Å². The highest BCUT2D eigenvalue weighted by molar-refractivity contribution is 7.91. The van der Waals surface area contributed by atoms with Crippen LogP contribution in [0.1, 0.15) is 21.6 Å². The van der Waals surface area contributed by atoms with Gasteiger partial charge in [0, 0.05) is 22.5 Å². The molecule has 0 aliphatic rings. The molecule has 206 valence electrons. The number of benzene rings is 3. The summed E-state index contributed by atoms with van der Waals surface area (Å²) in [4.78, 5) is 15.9. The molecule has 3 aromatic carbocycles. The average Bonchev–Trinajstić information content (AvgIpc) is 3.25. The number of sulfone groups is 1. The molecule has 0 radical (unpaired) electrons. The van der Waals surface area contributed by atoms with E-state index in [4.69, 9.17) is 16.3 Å². The van der Waals surface area contributed by atoms with E-state index in [-0.39, 0.29) is 44.7 Å². The standard InChI is InChI=1S/C26H26ClN3O7S2/c1-16-12-17(2)14-21(13-16)38(32,33)25-22-15-18(27)4-9-23(22)29-24(25)26(31)28-10-11-30(39(34,35)36)19-5-7-20(37-3)8-6-19/h4-9,12-15,29H,10-11H2,1-3H3,(H,28,31)(H,34,35,36). The maximum absolute atomic E-state index is 13.8. The number of hydrogen-bond acceptors (Lipinski definition) is 6. The smallest absolute Gasteiger partial charge is 0.360 e. The van der Waals surface area contributed by atoms with Crippen molar-refractivity contribution in [2.75, 3.05) is 24.5 Å². The molecule has 13 heteroatoms. The van der Waals surface area contributed by atoms with Crippen LogP contribution in [0.4, 0.5) is 5.69 Å². The Morgan fingerprint density at radius 2 is 1.64 bits per heavy atom. The first-order valence-electron chi connectivity index (χ1n) is 11.6. The van der Waals surface area contributed by atoms with Crippen LogP contribution in [0.2, 0.25) is 5.02 Å². The number of ether oxygens (including phenoxy) is 1. The first kappa shape index (κ1) is 28.4. The summed E-state index contributed by atoms with van der Waals surface area (Å²) in [7, 11) is -7.40. The van der Waals surface area contributed by atoms with Crippen molar-refractivity contribution >= 4 is 54.2 Å². The molecule has 0 saturated carbocycles. The molecule has 0 saturated heterocycles. The van der Waals surface area contributed by atoms with Gasteiger partial charge < -0.3 is 15.0 Å². The van der Waals surface area contributed by atoms with Crippen LogP contribution in [0.15, 0.2) is 70.5 Å². The molecule has 39 heavy (non-hydrogen) atoms. The van der Waals surface area contributed by atoms with Crippen molar-refractivity contribution in [2.24, 2.45) is 0 Å². The second kappa shape index (κ2) is 10.9. The lowest BCUT2D eigenvalue weighted by molar-refractivity contribution is 0.0947. The van der Waals surface area contributed by atoms with Gasteiger partial charge >= 0.3 is 10.3 Å². The van der Waals surface area contributed by atoms with Gasteiger partial charge in [0.15, 0.2) is 0 Å². The number of amides is 1. The van der Waals surface area contributed by atoms with Crippen LogP contribution in [-0.2, 0) is 20.1 Å². The number of halogens is 1. The summed E-state index contributed by atoms with van der Waals surface area (Å²) in [6, 6.07) is 15.4. The second-order valence-corrected chi connectivity index (χ2v) is 12.5. The minimum absolute atomic E-state index is 0.0204. The Balaban J connectivity index is 1.68. The molecule has 0 bridgehead atoms. The molecule has 0 fully saturated rings. The molecular formula is C26H26ClN3O7S2. The minimum Gasteiger partial charge on any atom is -0.497 e. The highest BCUT2D eigenvalue weighted by Gasteiger charge is 2.30. The highest BCUT2D eigenvalue weighted by atomic mass is 35.5. The summed E-state index contributed by atoms with van der Waals surface area (Å²) in [5.74, 6) is -0.297. The number of aromatic nitrogens is 1. The lowest BCUT2D eigenvalue weighted by atomic mass is 10.2. The molecule has 1 amide bonds. The summed E-state index contributed by atoms with van der Waals surface area (Å²) in [6.45, 7) is 2.97. The van der Waals surface area contributed by atoms with Gasteiger partial charge in [-0.25, -0.2) is 12.7 Å². The van der Waals surface area contributed by atoms with Gasteiger partial charge in [-0.15, -0.1) is 0 Å². The van der Waals surface area contributed by atoms with Gasteiger partial charge in [0.2, 0.25) is 9.84 Å². The monoisotopic (exact) mass is 591 g/mol. The second-order valence-electron chi connectivity index (χ2n) is 8.85. The van der Waals surface area contributed by atoms with Gasteiger partial charge in [0.25, 0.3) is 5.91 Å². The average molecular weight is 592 g/mol. The predicted molar refractivity (Wildman–Crippen MR) is 149 cm³/mol. The van der Waals surface area contributed by atoms with Crippen LogP contribution in [0.25, 0.3) is 10.9 Å². The Hall–Kier alpha value is -3.58. The van der Waals surface area contributed by atoms with Crippen molar-refractivity contribution in [3.05, 3.63) is 82.5 Å². The largest absolute Gasteiger partial charge is 0.497 e. The van der Waals surface area contributed by atoms with Crippen molar-refractivity contribution < 1.29 is 30.9 Å². The Kier molecular flexibility index (Phi) is 7.94. The maximum atomic E-state index is 13.8. The van der Waals surface area contributed by atoms with Crippen LogP contribution in [-0.4, -0.2) is 52.5 Å². The van der Waals surface area contributed by atoms with E-state index in [1.165, 1.54) is 49.6 Å². The van der Waals surface area contributed by atoms with Gasteiger partial charge in [-0.05, 0) is 79.6 Å². The van der Waals surface area contributed by atoms with E-state index < -0.39 is 26.0 Å². The number of hydrogen-bond donors (Lipinski definition) is 3. The minimum atomic E-state index is -4.68. The van der Waals surface area contributed by atoms with Crippen molar-refractivity contribution in [1.29, 1.82) is 0 Å². The Morgan fingerprint density at radius 3 is 2.23 bits per heavy atom. The van der Waals surface area contributed by atoms with E-state index in [0.29, 0.717) is 15.6 Å². The third-order valence-electron chi connectivity index (χ3n) is 5.95. The van der Waals surface area contributed by atoms with Crippen molar-refractivity contribution in [3.8, 4) is 5.75 Å². The van der Waals surface area contributed by atoms with Crippen molar-refractivity contribution in [1.82, 2.24) is 10.3 Å². The molecule has 4 aromatic rings. The molecule has 0 spiro atoms. The van der Waals surface area contributed by atoms with Crippen LogP contribution in [0, 0.1) is 13.8 Å². The number of carbonyl (C=O) groups excluding carboxylic acids is 1. The van der Waals surface area contributed by atoms with E-state index in [1.807, 2.05) is 6.07 Å². The lowest BCUT2D eigenvalue weighted by Crippen LogP contribution is -2.38. The van der Waals surface area contributed by atoms with Crippen molar-refractivity contribution in [3.63, 3.8) is 0 Å². The number of rotatable bonds is 9. The van der Waals surface area contributed by atoms with Crippen LogP contribution >= 0.6 is 11.6 Å². The molecule has 10 nitrogen and oxygen atoms in total. The van der Waals surface area contributed by atoms with E-state index in [9.17, 15) is 26.2 Å². The number of nitrogens with zero attached hydrogens (tertiary/aromatic N) is 1. The van der Waals surface area contributed by atoms with Gasteiger partial charge in [-0.2, -0.15) is 8.42 Å². The quantitative estimate of drug-likeness (QED) is 0.246. The fourth-order valence-electron chi connectivity index (χ4n) is 4.27. The summed E-state index contributed by atoms with van der Waals surface area (Å²) >= 11 is 6.16. The lowest BCUT2D eigenvalue weighted by Gasteiger charge is -2.21. The topological polar surface area (TPSA) is 146 Å². The van der Waals surface area contributed by atoms with E-state index >= 15 is 0 Å². The third-order valence-corrected chi connectivity index (χ3v) is 8.96. The van der Waals surface area contributed by atoms with Crippen LogP contribution < -0.4 is 14.4 Å². The van der Waals surface area contributed by atoms with Gasteiger partial charge in [-0.3, -0.25) is 9.35 Å². The molecule has 3 N–H and O–H groups in total. The van der Waals surface area contributed by atoms with E-state index in [2.05, 4.69) is 10.3 Å². The maximum Gasteiger partial charge on any atom is 0.360 e. The number of nitrogens with one attached hydrogen (secondary N) is 2. The van der Waals surface area contributed by atoms with Crippen LogP contribution in [0.5, 0.6) is 5.75 Å². The van der Waals surface area contributed by atoms with Crippen molar-refractivity contribution in [2.45, 2.75) is 23.6 Å². The van der Waals surface area contributed by atoms with E-state index in [1.54, 1.807) is 26.0 Å². The fourth-order valence-corrected chi connectivity index (χ4v) is 6.94. The zero-order valence-electron chi connectivity index (χ0n) is 21.2. The number of aromatic amines is 1. The number of carbonyl (C=O) groups is 1. The predicted octanol–water partition coefficient (Wildman–Crippen LogP) is 4.32. The summed E-state index contributed by atoms with van der Waals surface area (Å²) in [5, 5.41) is 3.07. The molecule has 0 aliphatic carbocycles. The Bertz CT molecular complexity index is 1750. The molecular weight excluding hydrogens is 566 g/mol. The number of anilines is 1. The Labute approximate surface area is 231 Å². The number of methoxy groups -OCH3 is 1. The number of fused-ring (bicyclic) bond motifs is 1. The molecule has 0 unspecified atom stereocenters. The zero-order chi connectivity index (χ0) is 28.5. The normalized spacial score (nSPS) is 11.9. The molecule has 1 heterocycles. The number of aryl methyl sites for hydroxylation is 2. The molecule has 1 aromatic heterocycles.